The zero-order valence-electron chi connectivity index (χ0n) is 20.2. The summed E-state index contributed by atoms with van der Waals surface area (Å²) in [5.74, 6) is 0.631. The fourth-order valence-corrected chi connectivity index (χ4v) is 5.55. The Kier molecular flexibility index (Phi) is 5.39. The number of hydrogen-bond acceptors (Lipinski definition) is 2. The van der Waals surface area contributed by atoms with Crippen molar-refractivity contribution >= 4 is 49.0 Å². The number of para-hydroxylation sites is 2. The van der Waals surface area contributed by atoms with Gasteiger partial charge in [-0.2, -0.15) is 0 Å². The summed E-state index contributed by atoms with van der Waals surface area (Å²) in [5, 5.41) is 1.58. The first kappa shape index (κ1) is 22.2. The molecule has 2 atom stereocenters. The van der Waals surface area contributed by atoms with E-state index < -0.39 is 0 Å². The predicted molar refractivity (Wildman–Crippen MR) is 142 cm³/mol. The molecule has 1 aliphatic rings. The summed E-state index contributed by atoms with van der Waals surface area (Å²) >= 11 is 0. The second-order valence-electron chi connectivity index (χ2n) is 10.6. The van der Waals surface area contributed by atoms with Crippen LogP contribution in [0.4, 0.5) is 11.4 Å². The van der Waals surface area contributed by atoms with Crippen molar-refractivity contribution in [2.45, 2.75) is 57.1 Å². The van der Waals surface area contributed by atoms with Crippen LogP contribution in [0, 0.1) is 5.92 Å². The molecule has 4 heteroatoms. The lowest BCUT2D eigenvalue weighted by atomic mass is 9.54. The molecular formula is C29H31B2NO. The van der Waals surface area contributed by atoms with Crippen molar-refractivity contribution in [3.05, 3.63) is 71.8 Å². The minimum Gasteiger partial charge on any atom is -0.454 e. The van der Waals surface area contributed by atoms with Gasteiger partial charge in [-0.1, -0.05) is 88.1 Å². The smallest absolute Gasteiger partial charge is 0.159 e. The highest BCUT2D eigenvalue weighted by atomic mass is 16.3. The second-order valence-corrected chi connectivity index (χ2v) is 10.6. The highest BCUT2D eigenvalue weighted by Crippen LogP contribution is 2.45. The molecule has 1 aliphatic carbocycles. The van der Waals surface area contributed by atoms with Gasteiger partial charge in [0, 0.05) is 23.5 Å². The monoisotopic (exact) mass is 431 g/mol. The molecular weight excluding hydrogens is 400 g/mol. The summed E-state index contributed by atoms with van der Waals surface area (Å²) in [6.07, 6.45) is 4.42. The van der Waals surface area contributed by atoms with Crippen molar-refractivity contribution in [3.63, 3.8) is 0 Å². The van der Waals surface area contributed by atoms with Gasteiger partial charge in [0.15, 0.2) is 5.58 Å². The number of benzene rings is 3. The Balaban J connectivity index is 1.62. The van der Waals surface area contributed by atoms with Crippen molar-refractivity contribution < 1.29 is 4.42 Å². The lowest BCUT2D eigenvalue weighted by Crippen LogP contribution is -2.32. The lowest BCUT2D eigenvalue weighted by molar-refractivity contribution is 0.310. The molecule has 1 fully saturated rings. The zero-order chi connectivity index (χ0) is 23.4. The van der Waals surface area contributed by atoms with Gasteiger partial charge in [0.05, 0.1) is 21.4 Å². The molecule has 0 bridgehead atoms. The molecule has 0 N–H and O–H groups in total. The predicted octanol–water partition coefficient (Wildman–Crippen LogP) is 7.33. The standard InChI is InChI=1S/C29H31B2NO/c1-19-8-7-17-29(31,18-19)24-11-5-9-22-23-10-6-12-25(27(23)33-26(22)24)32(4)21-15-13-20(14-16-21)28(2,3)30/h5-6,9-16,19H,7-8,17-18H2,1-4H3. The van der Waals surface area contributed by atoms with E-state index in [9.17, 15) is 0 Å². The second kappa shape index (κ2) is 8.01. The van der Waals surface area contributed by atoms with Crippen molar-refractivity contribution in [1.29, 1.82) is 0 Å². The average molecular weight is 431 g/mol. The molecule has 0 amide bonds. The van der Waals surface area contributed by atoms with Crippen LogP contribution in [-0.2, 0) is 10.6 Å². The number of rotatable bonds is 4. The van der Waals surface area contributed by atoms with Gasteiger partial charge in [-0.25, -0.2) is 0 Å². The minimum atomic E-state index is -0.360. The Labute approximate surface area is 200 Å². The number of fused-ring (bicyclic) bond motifs is 3. The Morgan fingerprint density at radius 2 is 1.64 bits per heavy atom. The summed E-state index contributed by atoms with van der Waals surface area (Å²) in [7, 11) is 15.4. The third-order valence-corrected chi connectivity index (χ3v) is 7.43. The maximum absolute atomic E-state index is 7.02. The molecule has 2 unspecified atom stereocenters. The van der Waals surface area contributed by atoms with E-state index in [1.165, 1.54) is 6.42 Å². The van der Waals surface area contributed by atoms with Crippen LogP contribution < -0.4 is 4.90 Å². The topological polar surface area (TPSA) is 16.4 Å². The van der Waals surface area contributed by atoms with Crippen LogP contribution in [0.25, 0.3) is 21.9 Å². The van der Waals surface area contributed by atoms with Gasteiger partial charge in [0.25, 0.3) is 0 Å². The van der Waals surface area contributed by atoms with Crippen LogP contribution in [0.15, 0.2) is 65.1 Å². The maximum Gasteiger partial charge on any atom is 0.159 e. The first-order valence-corrected chi connectivity index (χ1v) is 12.0. The zero-order valence-corrected chi connectivity index (χ0v) is 20.2. The maximum atomic E-state index is 7.02. The van der Waals surface area contributed by atoms with E-state index in [2.05, 4.69) is 79.5 Å². The quantitative estimate of drug-likeness (QED) is 0.315. The first-order chi connectivity index (χ1) is 15.7. The molecule has 1 heterocycles. The van der Waals surface area contributed by atoms with Crippen molar-refractivity contribution in [3.8, 4) is 0 Å². The number of nitrogens with zero attached hydrogens (tertiary/aromatic N) is 1. The van der Waals surface area contributed by atoms with Crippen LogP contribution >= 0.6 is 0 Å². The van der Waals surface area contributed by atoms with Crippen LogP contribution in [0.1, 0.15) is 57.6 Å². The van der Waals surface area contributed by atoms with Gasteiger partial charge in [-0.05, 0) is 46.7 Å². The normalized spacial score (nSPS) is 21.5. The molecule has 164 valence electrons. The van der Waals surface area contributed by atoms with Crippen LogP contribution in [0.5, 0.6) is 0 Å². The lowest BCUT2D eigenvalue weighted by Gasteiger charge is -2.38. The Morgan fingerprint density at radius 3 is 2.30 bits per heavy atom. The summed E-state index contributed by atoms with van der Waals surface area (Å²) < 4.78 is 6.65. The molecule has 1 aromatic heterocycles. The van der Waals surface area contributed by atoms with Crippen molar-refractivity contribution in [2.24, 2.45) is 5.92 Å². The van der Waals surface area contributed by atoms with Gasteiger partial charge in [-0.15, -0.1) is 0 Å². The van der Waals surface area contributed by atoms with E-state index in [4.69, 9.17) is 20.1 Å². The third kappa shape index (κ3) is 3.88. The van der Waals surface area contributed by atoms with E-state index >= 15 is 0 Å². The average Bonchev–Trinajstić information content (AvgIpc) is 3.17. The molecule has 4 aromatic rings. The van der Waals surface area contributed by atoms with Crippen LogP contribution in [0.2, 0.25) is 0 Å². The van der Waals surface area contributed by atoms with E-state index in [1.54, 1.807) is 0 Å². The fourth-order valence-electron chi connectivity index (χ4n) is 5.55. The number of furan rings is 1. The molecule has 33 heavy (non-hydrogen) atoms. The van der Waals surface area contributed by atoms with E-state index in [-0.39, 0.29) is 10.6 Å². The summed E-state index contributed by atoms with van der Waals surface area (Å²) in [4.78, 5) is 2.18. The van der Waals surface area contributed by atoms with E-state index in [0.29, 0.717) is 5.92 Å². The van der Waals surface area contributed by atoms with Gasteiger partial charge in [0.1, 0.15) is 5.58 Å². The summed E-state index contributed by atoms with van der Waals surface area (Å²) in [6, 6.07) is 21.3. The fraction of sp³-hybridized carbons (Fsp3) is 0.379. The van der Waals surface area contributed by atoms with E-state index in [1.807, 2.05) is 13.8 Å². The van der Waals surface area contributed by atoms with Crippen molar-refractivity contribution in [1.82, 2.24) is 0 Å². The Morgan fingerprint density at radius 1 is 0.970 bits per heavy atom. The molecule has 3 aromatic carbocycles. The Bertz CT molecular complexity index is 1300. The number of hydrogen-bond donors (Lipinski definition) is 0. The highest BCUT2D eigenvalue weighted by molar-refractivity contribution is 6.19. The third-order valence-electron chi connectivity index (χ3n) is 7.43. The first-order valence-electron chi connectivity index (χ1n) is 12.0. The molecule has 0 aliphatic heterocycles. The van der Waals surface area contributed by atoms with Crippen LogP contribution in [0.3, 0.4) is 0 Å². The van der Waals surface area contributed by atoms with E-state index in [0.717, 1.165) is 63.7 Å². The largest absolute Gasteiger partial charge is 0.454 e. The van der Waals surface area contributed by atoms with Gasteiger partial charge < -0.3 is 9.32 Å². The van der Waals surface area contributed by atoms with Gasteiger partial charge in [0.2, 0.25) is 0 Å². The van der Waals surface area contributed by atoms with Crippen molar-refractivity contribution in [2.75, 3.05) is 11.9 Å². The Hall–Kier alpha value is -2.61. The van der Waals surface area contributed by atoms with Gasteiger partial charge >= 0.3 is 0 Å². The highest BCUT2D eigenvalue weighted by Gasteiger charge is 2.34. The molecule has 2 nitrogen and oxygen atoms in total. The molecule has 4 radical (unpaired) electrons. The SMILES string of the molecule is [B]C(C)(C)c1ccc(N(C)c2cccc3c2oc2c(C4([B])CCCC(C)C4)cccc23)cc1. The molecule has 0 saturated heterocycles. The summed E-state index contributed by atoms with van der Waals surface area (Å²) in [6.45, 7) is 6.36. The minimum absolute atomic E-state index is 0.331. The van der Waals surface area contributed by atoms with Gasteiger partial charge in [-0.3, -0.25) is 0 Å². The summed E-state index contributed by atoms with van der Waals surface area (Å²) in [5.41, 5.74) is 6.22. The number of anilines is 2. The molecule has 0 spiro atoms. The molecule has 5 rings (SSSR count). The van der Waals surface area contributed by atoms with Crippen LogP contribution in [-0.4, -0.2) is 22.7 Å². The molecule has 1 saturated carbocycles.